The number of aryl methyl sites for hydroxylation is 2. The maximum Gasteiger partial charge on any atom is 0.245 e. The van der Waals surface area contributed by atoms with Crippen molar-refractivity contribution in [2.24, 2.45) is 7.05 Å². The molecule has 0 bridgehead atoms. The second-order valence-electron chi connectivity index (χ2n) is 3.86. The van der Waals surface area contributed by atoms with E-state index in [0.29, 0.717) is 12.1 Å². The van der Waals surface area contributed by atoms with Crippen LogP contribution in [0.1, 0.15) is 19.0 Å². The smallest absolute Gasteiger partial charge is 0.245 e. The van der Waals surface area contributed by atoms with Gasteiger partial charge in [-0.1, -0.05) is 11.6 Å². The van der Waals surface area contributed by atoms with Gasteiger partial charge in [-0.2, -0.15) is 5.10 Å². The summed E-state index contributed by atoms with van der Waals surface area (Å²) in [5, 5.41) is 13.1. The van der Waals surface area contributed by atoms with Crippen molar-refractivity contribution < 1.29 is 13.5 Å². The molecule has 0 aliphatic rings. The molecule has 17 heavy (non-hydrogen) atoms. The van der Waals surface area contributed by atoms with Gasteiger partial charge in [-0.3, -0.25) is 4.68 Å². The molecule has 0 aromatic carbocycles. The van der Waals surface area contributed by atoms with Crippen LogP contribution in [0, 0.1) is 6.92 Å². The van der Waals surface area contributed by atoms with Gasteiger partial charge in [0.05, 0.1) is 11.8 Å². The predicted octanol–water partition coefficient (Wildman–Crippen LogP) is 0.431. The highest BCUT2D eigenvalue weighted by Crippen LogP contribution is 2.23. The topological polar surface area (TPSA) is 84.2 Å². The molecule has 8 heteroatoms. The van der Waals surface area contributed by atoms with Crippen molar-refractivity contribution >= 4 is 21.6 Å². The SMILES string of the molecule is Cc1nn(C)c(Cl)c1S(=O)(=O)NCCC(C)O. The predicted molar refractivity (Wildman–Crippen MR) is 64.4 cm³/mol. The van der Waals surface area contributed by atoms with E-state index in [9.17, 15) is 8.42 Å². The van der Waals surface area contributed by atoms with Crippen LogP contribution in [0.5, 0.6) is 0 Å². The highest BCUT2D eigenvalue weighted by atomic mass is 35.5. The van der Waals surface area contributed by atoms with Crippen molar-refractivity contribution in [1.82, 2.24) is 14.5 Å². The summed E-state index contributed by atoms with van der Waals surface area (Å²) in [6.45, 7) is 3.33. The van der Waals surface area contributed by atoms with E-state index in [4.69, 9.17) is 16.7 Å². The second kappa shape index (κ2) is 5.34. The molecule has 1 rings (SSSR count). The van der Waals surface area contributed by atoms with Crippen LogP contribution in [-0.2, 0) is 17.1 Å². The number of sulfonamides is 1. The van der Waals surface area contributed by atoms with E-state index in [1.165, 1.54) is 4.68 Å². The normalized spacial score (nSPS) is 13.9. The van der Waals surface area contributed by atoms with Gasteiger partial charge in [-0.05, 0) is 20.3 Å². The Balaban J connectivity index is 2.90. The van der Waals surface area contributed by atoms with Crippen LogP contribution in [0.4, 0.5) is 0 Å². The number of aromatic nitrogens is 2. The number of rotatable bonds is 5. The van der Waals surface area contributed by atoms with Gasteiger partial charge in [0.25, 0.3) is 0 Å². The molecule has 0 amide bonds. The van der Waals surface area contributed by atoms with Gasteiger partial charge in [0.2, 0.25) is 10.0 Å². The molecule has 1 unspecified atom stereocenters. The van der Waals surface area contributed by atoms with Gasteiger partial charge in [0.15, 0.2) is 0 Å². The molecule has 98 valence electrons. The van der Waals surface area contributed by atoms with E-state index < -0.39 is 16.1 Å². The monoisotopic (exact) mass is 281 g/mol. The van der Waals surface area contributed by atoms with E-state index in [1.54, 1.807) is 20.9 Å². The Hall–Kier alpha value is -0.630. The number of nitrogens with zero attached hydrogens (tertiary/aromatic N) is 2. The summed E-state index contributed by atoms with van der Waals surface area (Å²) >= 11 is 5.87. The van der Waals surface area contributed by atoms with E-state index in [2.05, 4.69) is 9.82 Å². The van der Waals surface area contributed by atoms with Crippen molar-refractivity contribution in [3.05, 3.63) is 10.8 Å². The number of halogens is 1. The van der Waals surface area contributed by atoms with Crippen LogP contribution in [-0.4, -0.2) is 36.0 Å². The molecule has 1 aromatic rings. The minimum Gasteiger partial charge on any atom is -0.393 e. The minimum absolute atomic E-state index is 0.00717. The van der Waals surface area contributed by atoms with E-state index in [1.807, 2.05) is 0 Å². The molecular weight excluding hydrogens is 266 g/mol. The molecule has 0 saturated carbocycles. The van der Waals surface area contributed by atoms with Gasteiger partial charge >= 0.3 is 0 Å². The first kappa shape index (κ1) is 14.4. The van der Waals surface area contributed by atoms with Gasteiger partial charge < -0.3 is 5.11 Å². The fourth-order valence-corrected chi connectivity index (χ4v) is 3.18. The van der Waals surface area contributed by atoms with Crippen LogP contribution in [0.15, 0.2) is 4.90 Å². The lowest BCUT2D eigenvalue weighted by atomic mass is 10.3. The first-order valence-corrected chi connectivity index (χ1v) is 6.98. The van der Waals surface area contributed by atoms with E-state index >= 15 is 0 Å². The summed E-state index contributed by atoms with van der Waals surface area (Å²) in [6, 6.07) is 0. The fraction of sp³-hybridized carbons (Fsp3) is 0.667. The van der Waals surface area contributed by atoms with Crippen molar-refractivity contribution in [2.75, 3.05) is 6.54 Å². The average Bonchev–Trinajstić information content (AvgIpc) is 2.40. The van der Waals surface area contributed by atoms with Gasteiger partial charge in [-0.25, -0.2) is 13.1 Å². The maximum absolute atomic E-state index is 11.9. The van der Waals surface area contributed by atoms with Crippen LogP contribution in [0.25, 0.3) is 0 Å². The number of aliphatic hydroxyl groups is 1. The number of hydrogen-bond donors (Lipinski definition) is 2. The zero-order valence-electron chi connectivity index (χ0n) is 9.94. The van der Waals surface area contributed by atoms with E-state index in [0.717, 1.165) is 0 Å². The minimum atomic E-state index is -3.67. The van der Waals surface area contributed by atoms with Crippen molar-refractivity contribution in [1.29, 1.82) is 0 Å². The highest BCUT2D eigenvalue weighted by Gasteiger charge is 2.24. The molecule has 6 nitrogen and oxygen atoms in total. The van der Waals surface area contributed by atoms with Crippen molar-refractivity contribution in [3.63, 3.8) is 0 Å². The zero-order chi connectivity index (χ0) is 13.2. The summed E-state index contributed by atoms with van der Waals surface area (Å²) in [4.78, 5) is -0.00717. The third-order valence-electron chi connectivity index (χ3n) is 2.22. The van der Waals surface area contributed by atoms with Crippen LogP contribution in [0.2, 0.25) is 5.15 Å². The van der Waals surface area contributed by atoms with Gasteiger partial charge in [-0.15, -0.1) is 0 Å². The van der Waals surface area contributed by atoms with Crippen molar-refractivity contribution in [3.8, 4) is 0 Å². The maximum atomic E-state index is 11.9. The molecule has 1 heterocycles. The standard InChI is InChI=1S/C9H16ClN3O3S/c1-6(14)4-5-11-17(15,16)8-7(2)12-13(3)9(8)10/h6,11,14H,4-5H2,1-3H3. The van der Waals surface area contributed by atoms with Gasteiger partial charge in [0.1, 0.15) is 10.0 Å². The average molecular weight is 282 g/mol. The first-order valence-electron chi connectivity index (χ1n) is 5.12. The van der Waals surface area contributed by atoms with Crippen LogP contribution >= 0.6 is 11.6 Å². The third-order valence-corrected chi connectivity index (χ3v) is 4.38. The molecule has 0 aliphatic heterocycles. The molecule has 0 saturated heterocycles. The molecule has 1 aromatic heterocycles. The molecular formula is C9H16ClN3O3S. The Morgan fingerprint density at radius 3 is 2.59 bits per heavy atom. The number of nitrogens with one attached hydrogen (secondary N) is 1. The summed E-state index contributed by atoms with van der Waals surface area (Å²) in [5.41, 5.74) is 0.349. The first-order chi connectivity index (χ1) is 7.75. The van der Waals surface area contributed by atoms with E-state index in [-0.39, 0.29) is 16.6 Å². The Morgan fingerprint density at radius 2 is 2.18 bits per heavy atom. The molecule has 0 radical (unpaired) electrons. The Morgan fingerprint density at radius 1 is 1.59 bits per heavy atom. The molecule has 2 N–H and O–H groups in total. The Kier molecular flexibility index (Phi) is 4.54. The lowest BCUT2D eigenvalue weighted by Crippen LogP contribution is -2.27. The summed E-state index contributed by atoms with van der Waals surface area (Å²) in [5.74, 6) is 0. The lowest BCUT2D eigenvalue weighted by Gasteiger charge is -2.07. The molecule has 0 fully saturated rings. The molecule has 1 atom stereocenters. The van der Waals surface area contributed by atoms with Crippen molar-refractivity contribution in [2.45, 2.75) is 31.3 Å². The van der Waals surface area contributed by atoms with Crippen LogP contribution in [0.3, 0.4) is 0 Å². The zero-order valence-corrected chi connectivity index (χ0v) is 11.5. The lowest BCUT2D eigenvalue weighted by molar-refractivity contribution is 0.186. The van der Waals surface area contributed by atoms with Crippen LogP contribution < -0.4 is 4.72 Å². The Labute approximate surface area is 106 Å². The summed E-state index contributed by atoms with van der Waals surface area (Å²) in [7, 11) is -2.10. The third kappa shape index (κ3) is 3.41. The summed E-state index contributed by atoms with van der Waals surface area (Å²) in [6.07, 6.45) is -0.209. The second-order valence-corrected chi connectivity index (χ2v) is 5.93. The largest absolute Gasteiger partial charge is 0.393 e. The summed E-state index contributed by atoms with van der Waals surface area (Å²) < 4.78 is 27.6. The van der Waals surface area contributed by atoms with Gasteiger partial charge in [0, 0.05) is 13.6 Å². The molecule has 0 spiro atoms. The quantitative estimate of drug-likeness (QED) is 0.820. The highest BCUT2D eigenvalue weighted by molar-refractivity contribution is 7.89. The fourth-order valence-electron chi connectivity index (χ4n) is 1.39. The number of hydrogen-bond acceptors (Lipinski definition) is 4. The number of aliphatic hydroxyl groups excluding tert-OH is 1. The Bertz CT molecular complexity index is 496. The molecule has 0 aliphatic carbocycles.